The van der Waals surface area contributed by atoms with E-state index >= 15 is 0 Å². The van der Waals surface area contributed by atoms with Gasteiger partial charge in [-0.05, 0) is 12.8 Å². The van der Waals surface area contributed by atoms with E-state index in [9.17, 15) is 24.6 Å². The molecule has 5 heteroatoms. The minimum atomic E-state index is -1.61. The van der Waals surface area contributed by atoms with Crippen LogP contribution in [0.1, 0.15) is 123 Å². The number of Topliss-reactive ketones (excluding diaryl/α,β-unsaturated/α-hetero) is 2. The predicted octanol–water partition coefficient (Wildman–Crippen LogP) is 5.86. The molecule has 0 aromatic carbocycles. The van der Waals surface area contributed by atoms with Gasteiger partial charge in [0.1, 0.15) is 0 Å². The summed E-state index contributed by atoms with van der Waals surface area (Å²) < 4.78 is 0. The summed E-state index contributed by atoms with van der Waals surface area (Å²) >= 11 is 0. The highest BCUT2D eigenvalue weighted by atomic mass is 16.4. The molecule has 170 valence electrons. The van der Waals surface area contributed by atoms with Gasteiger partial charge in [0.25, 0.3) is 0 Å². The van der Waals surface area contributed by atoms with Crippen LogP contribution in [-0.2, 0) is 14.4 Å². The topological polar surface area (TPSA) is 91.7 Å². The molecule has 0 aromatic rings. The number of hydrogen-bond acceptors (Lipinski definition) is 4. The fourth-order valence-corrected chi connectivity index (χ4v) is 3.64. The molecule has 0 saturated carbocycles. The Kier molecular flexibility index (Phi) is 18.0. The van der Waals surface area contributed by atoms with E-state index in [1.54, 1.807) is 0 Å². The molecule has 0 bridgehead atoms. The lowest BCUT2D eigenvalue weighted by Gasteiger charge is -2.14. The van der Waals surface area contributed by atoms with E-state index in [1.165, 1.54) is 32.1 Å². The average molecular weight is 413 g/mol. The number of carboxylic acids is 1. The van der Waals surface area contributed by atoms with E-state index in [1.807, 2.05) is 0 Å². The van der Waals surface area contributed by atoms with Crippen molar-refractivity contribution in [3.63, 3.8) is 0 Å². The second-order valence-corrected chi connectivity index (χ2v) is 8.34. The van der Waals surface area contributed by atoms with Crippen molar-refractivity contribution in [2.24, 2.45) is 5.92 Å². The highest BCUT2D eigenvalue weighted by Gasteiger charge is 2.33. The molecule has 0 heterocycles. The number of carbonyl (C=O) groups is 3. The first kappa shape index (κ1) is 27.8. The number of aliphatic hydroxyl groups excluding tert-OH is 1. The summed E-state index contributed by atoms with van der Waals surface area (Å²) in [4.78, 5) is 36.0. The van der Waals surface area contributed by atoms with Crippen LogP contribution in [0.2, 0.25) is 0 Å². The Morgan fingerprint density at radius 1 is 0.655 bits per heavy atom. The molecule has 5 nitrogen and oxygen atoms in total. The summed E-state index contributed by atoms with van der Waals surface area (Å²) in [5.74, 6) is -4.16. The molecule has 2 N–H and O–H groups in total. The van der Waals surface area contributed by atoms with Crippen molar-refractivity contribution in [1.29, 1.82) is 0 Å². The number of carboxylic acid groups (broad SMARTS) is 1. The normalized spacial score (nSPS) is 13.2. The van der Waals surface area contributed by atoms with E-state index in [4.69, 9.17) is 0 Å². The lowest BCUT2D eigenvalue weighted by Crippen LogP contribution is -2.33. The Hall–Kier alpha value is -1.23. The van der Waals surface area contributed by atoms with Crippen molar-refractivity contribution in [3.8, 4) is 0 Å². The molecule has 0 amide bonds. The molecule has 0 aliphatic heterocycles. The number of ketones is 2. The van der Waals surface area contributed by atoms with Crippen molar-refractivity contribution in [2.45, 2.75) is 129 Å². The fourth-order valence-electron chi connectivity index (χ4n) is 3.64. The standard InChI is InChI=1S/C24H44O5/c1-3-5-7-9-10-11-12-14-16-18-21(26)23(24(28)29)22(27)19-20(25)17-15-13-8-6-4-2/h20,23,25H,3-19H2,1-2H3,(H,28,29). The summed E-state index contributed by atoms with van der Waals surface area (Å²) in [5.41, 5.74) is 0. The van der Waals surface area contributed by atoms with Crippen LogP contribution >= 0.6 is 0 Å². The van der Waals surface area contributed by atoms with E-state index in [0.717, 1.165) is 51.4 Å². The maximum atomic E-state index is 12.3. The Morgan fingerprint density at radius 3 is 1.59 bits per heavy atom. The molecule has 0 saturated heterocycles. The second kappa shape index (κ2) is 18.8. The van der Waals surface area contributed by atoms with Gasteiger partial charge in [0.05, 0.1) is 6.10 Å². The molecule has 0 rings (SSSR count). The molecule has 0 fully saturated rings. The van der Waals surface area contributed by atoms with Gasteiger partial charge in [-0.3, -0.25) is 14.4 Å². The highest BCUT2D eigenvalue weighted by Crippen LogP contribution is 2.16. The largest absolute Gasteiger partial charge is 0.480 e. The fraction of sp³-hybridized carbons (Fsp3) is 0.875. The van der Waals surface area contributed by atoms with E-state index in [-0.39, 0.29) is 12.8 Å². The Morgan fingerprint density at radius 2 is 1.10 bits per heavy atom. The molecule has 0 aromatic heterocycles. The maximum Gasteiger partial charge on any atom is 0.321 e. The molecular weight excluding hydrogens is 368 g/mol. The summed E-state index contributed by atoms with van der Waals surface area (Å²) in [5, 5.41) is 19.3. The number of rotatable bonds is 21. The van der Waals surface area contributed by atoms with Crippen molar-refractivity contribution in [1.82, 2.24) is 0 Å². The summed E-state index contributed by atoms with van der Waals surface area (Å²) in [6.07, 6.45) is 14.7. The first-order chi connectivity index (χ1) is 13.9. The van der Waals surface area contributed by atoms with Gasteiger partial charge in [-0.15, -0.1) is 0 Å². The van der Waals surface area contributed by atoms with Crippen LogP contribution in [-0.4, -0.2) is 33.9 Å². The van der Waals surface area contributed by atoms with Gasteiger partial charge in [-0.1, -0.05) is 97.3 Å². The zero-order chi connectivity index (χ0) is 21.9. The second-order valence-electron chi connectivity index (χ2n) is 8.34. The Labute approximate surface area is 177 Å². The van der Waals surface area contributed by atoms with Crippen molar-refractivity contribution >= 4 is 17.5 Å². The first-order valence-electron chi connectivity index (χ1n) is 11.9. The molecule has 0 radical (unpaired) electrons. The van der Waals surface area contributed by atoms with Crippen LogP contribution in [0.15, 0.2) is 0 Å². The smallest absolute Gasteiger partial charge is 0.321 e. The number of aliphatic hydroxyl groups is 1. The third kappa shape index (κ3) is 15.3. The highest BCUT2D eigenvalue weighted by molar-refractivity contribution is 6.16. The predicted molar refractivity (Wildman–Crippen MR) is 117 cm³/mol. The summed E-state index contributed by atoms with van der Waals surface area (Å²) in [6.45, 7) is 4.33. The molecule has 0 spiro atoms. The molecule has 2 atom stereocenters. The number of hydrogen-bond donors (Lipinski definition) is 2. The van der Waals surface area contributed by atoms with E-state index < -0.39 is 29.6 Å². The third-order valence-electron chi connectivity index (χ3n) is 5.50. The van der Waals surface area contributed by atoms with Crippen LogP contribution < -0.4 is 0 Å². The molecule has 29 heavy (non-hydrogen) atoms. The van der Waals surface area contributed by atoms with Crippen LogP contribution in [0.25, 0.3) is 0 Å². The van der Waals surface area contributed by atoms with Crippen molar-refractivity contribution in [3.05, 3.63) is 0 Å². The van der Waals surface area contributed by atoms with Gasteiger partial charge >= 0.3 is 5.97 Å². The first-order valence-corrected chi connectivity index (χ1v) is 11.9. The van der Waals surface area contributed by atoms with Gasteiger partial charge in [-0.25, -0.2) is 0 Å². The van der Waals surface area contributed by atoms with E-state index in [2.05, 4.69) is 13.8 Å². The maximum absolute atomic E-state index is 12.3. The van der Waals surface area contributed by atoms with Gasteiger partial charge in [0, 0.05) is 12.8 Å². The molecule has 0 aliphatic rings. The minimum Gasteiger partial charge on any atom is -0.480 e. The molecule has 2 unspecified atom stereocenters. The number of unbranched alkanes of at least 4 members (excludes halogenated alkanes) is 12. The minimum absolute atomic E-state index is 0.131. The van der Waals surface area contributed by atoms with Gasteiger partial charge < -0.3 is 10.2 Å². The van der Waals surface area contributed by atoms with Crippen LogP contribution in [0.5, 0.6) is 0 Å². The zero-order valence-corrected chi connectivity index (χ0v) is 18.8. The number of aliphatic carboxylic acids is 1. The summed E-state index contributed by atoms with van der Waals surface area (Å²) in [6, 6.07) is 0. The quantitative estimate of drug-likeness (QED) is 0.182. The average Bonchev–Trinajstić information content (AvgIpc) is 2.66. The lowest BCUT2D eigenvalue weighted by molar-refractivity contribution is -0.151. The SMILES string of the molecule is CCCCCCCCCCCC(=O)C(C(=O)O)C(=O)CC(O)CCCCCCC. The van der Waals surface area contributed by atoms with Gasteiger partial charge in [0.2, 0.25) is 0 Å². The van der Waals surface area contributed by atoms with Crippen molar-refractivity contribution in [2.75, 3.05) is 0 Å². The van der Waals surface area contributed by atoms with Gasteiger partial charge in [0.15, 0.2) is 17.5 Å². The number of carbonyl (C=O) groups excluding carboxylic acids is 2. The Bertz CT molecular complexity index is 447. The third-order valence-corrected chi connectivity index (χ3v) is 5.50. The lowest BCUT2D eigenvalue weighted by atomic mass is 9.91. The van der Waals surface area contributed by atoms with E-state index in [0.29, 0.717) is 12.8 Å². The van der Waals surface area contributed by atoms with Gasteiger partial charge in [-0.2, -0.15) is 0 Å². The summed E-state index contributed by atoms with van der Waals surface area (Å²) in [7, 11) is 0. The monoisotopic (exact) mass is 412 g/mol. The van der Waals surface area contributed by atoms with Crippen LogP contribution in [0, 0.1) is 5.92 Å². The molecular formula is C24H44O5. The zero-order valence-electron chi connectivity index (χ0n) is 18.8. The van der Waals surface area contributed by atoms with Crippen molar-refractivity contribution < 1.29 is 24.6 Å². The molecule has 0 aliphatic carbocycles. The van der Waals surface area contributed by atoms with Crippen LogP contribution in [0.3, 0.4) is 0 Å². The van der Waals surface area contributed by atoms with Crippen LogP contribution in [0.4, 0.5) is 0 Å². The Balaban J connectivity index is 4.09.